The van der Waals surface area contributed by atoms with Crippen LogP contribution in [-0.2, 0) is 0 Å². The highest BCUT2D eigenvalue weighted by atomic mass is 127. The average Bonchev–Trinajstić information content (AvgIpc) is 2.34. The minimum Gasteiger partial charge on any atom is -0.369 e. The largest absolute Gasteiger partial charge is 0.369 e. The molecule has 5 heteroatoms. The maximum absolute atomic E-state index is 12.3. The maximum Gasteiger partial charge on any atom is 0.269 e. The van der Waals surface area contributed by atoms with Crippen molar-refractivity contribution in [2.24, 2.45) is 0 Å². The molecule has 1 aromatic carbocycles. The molecule has 0 aliphatic heterocycles. The maximum atomic E-state index is 12.3. The van der Waals surface area contributed by atoms with Gasteiger partial charge in [-0.25, -0.2) is 4.98 Å². The second-order valence-corrected chi connectivity index (χ2v) is 5.35. The van der Waals surface area contributed by atoms with Crippen molar-refractivity contribution in [2.45, 2.75) is 19.9 Å². The number of hydrogen-bond donors (Lipinski definition) is 1. The molecule has 0 bridgehead atoms. The SMILES string of the molecule is CC(C)n1c(N)nc(-c2ccccc2)c(I)c1=O. The van der Waals surface area contributed by atoms with Gasteiger partial charge in [-0.1, -0.05) is 30.3 Å². The number of anilines is 1. The lowest BCUT2D eigenvalue weighted by molar-refractivity contribution is 0.576. The fourth-order valence-electron chi connectivity index (χ4n) is 1.81. The third-order valence-corrected chi connectivity index (χ3v) is 3.62. The molecule has 0 atom stereocenters. The molecule has 0 amide bonds. The highest BCUT2D eigenvalue weighted by molar-refractivity contribution is 14.1. The Labute approximate surface area is 119 Å². The molecule has 0 aliphatic carbocycles. The van der Waals surface area contributed by atoms with Gasteiger partial charge in [-0.05, 0) is 36.4 Å². The zero-order valence-corrected chi connectivity index (χ0v) is 12.4. The molecule has 0 spiro atoms. The molecule has 18 heavy (non-hydrogen) atoms. The lowest BCUT2D eigenvalue weighted by atomic mass is 10.1. The summed E-state index contributed by atoms with van der Waals surface area (Å²) in [5, 5.41) is 0. The summed E-state index contributed by atoms with van der Waals surface area (Å²) < 4.78 is 2.11. The Hall–Kier alpha value is -1.37. The molecule has 2 aromatic rings. The van der Waals surface area contributed by atoms with E-state index >= 15 is 0 Å². The fourth-order valence-corrected chi connectivity index (χ4v) is 2.51. The monoisotopic (exact) mass is 355 g/mol. The number of halogens is 1. The summed E-state index contributed by atoms with van der Waals surface area (Å²) in [6, 6.07) is 9.60. The fraction of sp³-hybridized carbons (Fsp3) is 0.231. The van der Waals surface area contributed by atoms with Crippen LogP contribution in [0.4, 0.5) is 5.95 Å². The summed E-state index contributed by atoms with van der Waals surface area (Å²) in [6.45, 7) is 3.83. The highest BCUT2D eigenvalue weighted by Crippen LogP contribution is 2.22. The van der Waals surface area contributed by atoms with E-state index in [1.807, 2.05) is 66.8 Å². The van der Waals surface area contributed by atoms with Crippen molar-refractivity contribution in [3.63, 3.8) is 0 Å². The number of rotatable bonds is 2. The Morgan fingerprint density at radius 1 is 1.28 bits per heavy atom. The number of nitrogen functional groups attached to an aromatic ring is 1. The van der Waals surface area contributed by atoms with Gasteiger partial charge in [0.25, 0.3) is 5.56 Å². The van der Waals surface area contributed by atoms with Gasteiger partial charge in [0.05, 0.1) is 5.69 Å². The molecule has 0 fully saturated rings. The molecule has 94 valence electrons. The van der Waals surface area contributed by atoms with Crippen molar-refractivity contribution in [3.8, 4) is 11.3 Å². The zero-order valence-electron chi connectivity index (χ0n) is 10.2. The van der Waals surface area contributed by atoms with Crippen LogP contribution in [-0.4, -0.2) is 9.55 Å². The second-order valence-electron chi connectivity index (χ2n) is 4.27. The summed E-state index contributed by atoms with van der Waals surface area (Å²) in [5.41, 5.74) is 7.34. The van der Waals surface area contributed by atoms with Crippen molar-refractivity contribution >= 4 is 28.5 Å². The van der Waals surface area contributed by atoms with Crippen LogP contribution in [0.1, 0.15) is 19.9 Å². The van der Waals surface area contributed by atoms with Gasteiger partial charge in [0.15, 0.2) is 0 Å². The van der Waals surface area contributed by atoms with Crippen LogP contribution in [0, 0.1) is 3.57 Å². The standard InChI is InChI=1S/C13H14IN3O/c1-8(2)17-12(18)10(14)11(16-13(17)15)9-6-4-3-5-7-9/h3-8H,1-2H3,(H2,15,16). The Balaban J connectivity index is 2.70. The first-order valence-electron chi connectivity index (χ1n) is 5.65. The molecule has 4 nitrogen and oxygen atoms in total. The minimum atomic E-state index is -0.0862. The molecule has 0 saturated carbocycles. The quantitative estimate of drug-likeness (QED) is 0.843. The number of aromatic nitrogens is 2. The molecule has 1 heterocycles. The molecule has 0 saturated heterocycles. The van der Waals surface area contributed by atoms with Gasteiger partial charge in [0, 0.05) is 11.6 Å². The molecular formula is C13H14IN3O. The van der Waals surface area contributed by atoms with Crippen LogP contribution < -0.4 is 11.3 Å². The van der Waals surface area contributed by atoms with Crippen LogP contribution in [0.15, 0.2) is 35.1 Å². The lowest BCUT2D eigenvalue weighted by Gasteiger charge is -2.15. The molecule has 0 radical (unpaired) electrons. The lowest BCUT2D eigenvalue weighted by Crippen LogP contribution is -2.28. The third-order valence-electron chi connectivity index (χ3n) is 2.65. The third kappa shape index (κ3) is 2.27. The predicted molar refractivity (Wildman–Crippen MR) is 81.4 cm³/mol. The summed E-state index contributed by atoms with van der Waals surface area (Å²) >= 11 is 2.03. The van der Waals surface area contributed by atoms with Crippen molar-refractivity contribution in [1.82, 2.24) is 9.55 Å². The topological polar surface area (TPSA) is 60.9 Å². The van der Waals surface area contributed by atoms with E-state index in [9.17, 15) is 4.79 Å². The summed E-state index contributed by atoms with van der Waals surface area (Å²) in [6.07, 6.45) is 0. The van der Waals surface area contributed by atoms with Gasteiger partial charge in [-0.2, -0.15) is 0 Å². The van der Waals surface area contributed by atoms with Gasteiger partial charge in [0.1, 0.15) is 3.57 Å². The predicted octanol–water partition coefficient (Wildman–Crippen LogP) is 2.68. The molecule has 0 unspecified atom stereocenters. The first-order valence-corrected chi connectivity index (χ1v) is 6.73. The summed E-state index contributed by atoms with van der Waals surface area (Å²) in [7, 11) is 0. The number of hydrogen-bond acceptors (Lipinski definition) is 3. The van der Waals surface area contributed by atoms with E-state index in [1.165, 1.54) is 4.57 Å². The van der Waals surface area contributed by atoms with Gasteiger partial charge >= 0.3 is 0 Å². The Morgan fingerprint density at radius 2 is 1.89 bits per heavy atom. The van der Waals surface area contributed by atoms with E-state index in [0.717, 1.165) is 5.56 Å². The van der Waals surface area contributed by atoms with Crippen molar-refractivity contribution in [2.75, 3.05) is 5.73 Å². The van der Waals surface area contributed by atoms with Crippen molar-refractivity contribution in [1.29, 1.82) is 0 Å². The van der Waals surface area contributed by atoms with Crippen LogP contribution in [0.5, 0.6) is 0 Å². The molecular weight excluding hydrogens is 341 g/mol. The number of benzene rings is 1. The van der Waals surface area contributed by atoms with E-state index in [2.05, 4.69) is 4.98 Å². The average molecular weight is 355 g/mol. The summed E-state index contributed by atoms with van der Waals surface area (Å²) in [4.78, 5) is 16.6. The van der Waals surface area contributed by atoms with Gasteiger partial charge in [-0.3, -0.25) is 9.36 Å². The first kappa shape index (κ1) is 13.1. The van der Waals surface area contributed by atoms with Gasteiger partial charge in [-0.15, -0.1) is 0 Å². The van der Waals surface area contributed by atoms with Crippen LogP contribution in [0.2, 0.25) is 0 Å². The zero-order chi connectivity index (χ0) is 13.3. The van der Waals surface area contributed by atoms with Crippen LogP contribution >= 0.6 is 22.6 Å². The number of nitrogens with zero attached hydrogens (tertiary/aromatic N) is 2. The molecule has 1 aromatic heterocycles. The van der Waals surface area contributed by atoms with E-state index in [0.29, 0.717) is 9.26 Å². The van der Waals surface area contributed by atoms with E-state index in [-0.39, 0.29) is 17.5 Å². The van der Waals surface area contributed by atoms with Crippen molar-refractivity contribution < 1.29 is 0 Å². The first-order chi connectivity index (χ1) is 8.52. The van der Waals surface area contributed by atoms with Crippen molar-refractivity contribution in [3.05, 3.63) is 44.3 Å². The molecule has 2 N–H and O–H groups in total. The number of nitrogens with two attached hydrogens (primary N) is 1. The Bertz CT molecular complexity index is 620. The smallest absolute Gasteiger partial charge is 0.269 e. The van der Waals surface area contributed by atoms with E-state index < -0.39 is 0 Å². The normalized spacial score (nSPS) is 10.9. The Kier molecular flexibility index (Phi) is 3.70. The molecule has 2 rings (SSSR count). The second kappa shape index (κ2) is 5.09. The molecule has 0 aliphatic rings. The van der Waals surface area contributed by atoms with Crippen LogP contribution in [0.3, 0.4) is 0 Å². The summed E-state index contributed by atoms with van der Waals surface area (Å²) in [5.74, 6) is 0.259. The van der Waals surface area contributed by atoms with Crippen LogP contribution in [0.25, 0.3) is 11.3 Å². The van der Waals surface area contributed by atoms with Gasteiger partial charge in [0.2, 0.25) is 5.95 Å². The Morgan fingerprint density at radius 3 is 2.44 bits per heavy atom. The van der Waals surface area contributed by atoms with E-state index in [1.54, 1.807) is 0 Å². The van der Waals surface area contributed by atoms with E-state index in [4.69, 9.17) is 5.73 Å². The minimum absolute atomic E-state index is 0.00309. The highest BCUT2D eigenvalue weighted by Gasteiger charge is 2.15. The van der Waals surface area contributed by atoms with Gasteiger partial charge < -0.3 is 5.73 Å².